The van der Waals surface area contributed by atoms with Gasteiger partial charge in [0.25, 0.3) is 19.7 Å². The van der Waals surface area contributed by atoms with Crippen LogP contribution in [-0.2, 0) is 19.7 Å². The highest BCUT2D eigenvalue weighted by atomic mass is 32.2. The van der Waals surface area contributed by atoms with Crippen LogP contribution >= 0.6 is 0 Å². The van der Waals surface area contributed by atoms with E-state index in [2.05, 4.69) is 4.79 Å². The fourth-order valence-electron chi connectivity index (χ4n) is 2.54. The molecule has 0 bridgehead atoms. The molecule has 6 nitrogen and oxygen atoms in total. The summed E-state index contributed by atoms with van der Waals surface area (Å²) in [6.45, 7) is 3.29. The van der Waals surface area contributed by atoms with Crippen LogP contribution in [0.3, 0.4) is 0 Å². The Kier molecular flexibility index (Phi) is 4.50. The van der Waals surface area contributed by atoms with Gasteiger partial charge >= 0.3 is 11.1 Å². The normalized spacial score (nSPS) is 23.8. The zero-order valence-corrected chi connectivity index (χ0v) is 13.5. The summed E-state index contributed by atoms with van der Waals surface area (Å²) in [5, 5.41) is 0. The number of hydrogen-bond acceptors (Lipinski definition) is 4. The molecule has 0 aromatic heterocycles. The van der Waals surface area contributed by atoms with Crippen LogP contribution in [0.25, 0.3) is 5.53 Å². The van der Waals surface area contributed by atoms with Gasteiger partial charge in [-0.25, -0.2) is 16.8 Å². The summed E-state index contributed by atoms with van der Waals surface area (Å²) in [7, 11) is -9.70. The van der Waals surface area contributed by atoms with E-state index in [1.807, 2.05) is 0 Å². The highest BCUT2D eigenvalue weighted by molar-refractivity contribution is 8.07. The van der Waals surface area contributed by atoms with Crippen molar-refractivity contribution in [3.8, 4) is 0 Å². The summed E-state index contributed by atoms with van der Waals surface area (Å²) in [5.41, 5.74) is 2.92. The highest BCUT2D eigenvalue weighted by Crippen LogP contribution is 2.43. The standard InChI is InChI=1S/C11H13F3N2O4S2/c1-7-4-10(3,22(19,20)11(12,13)14)5-8(2)9(7)21(17,18)6-16-15/h4,6H,5H2,1-3H3. The van der Waals surface area contributed by atoms with E-state index in [0.29, 0.717) is 0 Å². The Morgan fingerprint density at radius 1 is 1.27 bits per heavy atom. The van der Waals surface area contributed by atoms with Gasteiger partial charge in [0.2, 0.25) is 0 Å². The first kappa shape index (κ1) is 18.6. The van der Waals surface area contributed by atoms with Gasteiger partial charge in [-0.2, -0.15) is 18.0 Å². The summed E-state index contributed by atoms with van der Waals surface area (Å²) in [4.78, 5) is 2.06. The molecule has 0 spiro atoms. The lowest BCUT2D eigenvalue weighted by atomic mass is 9.92. The minimum absolute atomic E-state index is 0.0600. The third-order valence-electron chi connectivity index (χ3n) is 3.27. The van der Waals surface area contributed by atoms with Gasteiger partial charge in [-0.05, 0) is 32.8 Å². The topological polar surface area (TPSA) is 105 Å². The van der Waals surface area contributed by atoms with Crippen LogP contribution in [0.15, 0.2) is 22.1 Å². The summed E-state index contributed by atoms with van der Waals surface area (Å²) in [6, 6.07) is 0. The summed E-state index contributed by atoms with van der Waals surface area (Å²) >= 11 is 0. The molecule has 0 aromatic carbocycles. The molecule has 22 heavy (non-hydrogen) atoms. The zero-order valence-electron chi connectivity index (χ0n) is 11.8. The summed E-state index contributed by atoms with van der Waals surface area (Å²) in [5.74, 6) is 0. The Morgan fingerprint density at radius 3 is 2.14 bits per heavy atom. The van der Waals surface area contributed by atoms with E-state index in [9.17, 15) is 30.0 Å². The molecule has 0 heterocycles. The lowest BCUT2D eigenvalue weighted by Gasteiger charge is -2.32. The van der Waals surface area contributed by atoms with E-state index in [1.165, 1.54) is 13.8 Å². The highest BCUT2D eigenvalue weighted by Gasteiger charge is 2.57. The molecule has 1 atom stereocenters. The molecule has 1 aliphatic rings. The Hall–Kier alpha value is -1.45. The Bertz CT molecular complexity index is 816. The molecule has 0 saturated carbocycles. The Labute approximate surface area is 125 Å². The molecule has 0 aromatic rings. The van der Waals surface area contributed by atoms with E-state index in [1.54, 1.807) is 0 Å². The molecular formula is C11H13F3N2O4S2. The second kappa shape index (κ2) is 5.32. The number of nitrogens with zero attached hydrogens (tertiary/aromatic N) is 2. The van der Waals surface area contributed by atoms with Crippen molar-refractivity contribution >= 4 is 25.2 Å². The third-order valence-corrected chi connectivity index (χ3v) is 6.98. The number of allylic oxidation sites excluding steroid dienone is 2. The van der Waals surface area contributed by atoms with E-state index >= 15 is 0 Å². The number of halogens is 3. The molecule has 1 unspecified atom stereocenters. The molecule has 1 aliphatic carbocycles. The van der Waals surface area contributed by atoms with Gasteiger partial charge in [0.05, 0.1) is 4.91 Å². The van der Waals surface area contributed by atoms with E-state index in [0.717, 1.165) is 13.0 Å². The van der Waals surface area contributed by atoms with Crippen LogP contribution in [0, 0.1) is 0 Å². The molecule has 0 aliphatic heterocycles. The average Bonchev–Trinajstić information content (AvgIpc) is 2.24. The SMILES string of the molecule is CC1=CC(C)(S(=O)(=O)C(F)(F)F)CC(C)=C1S(=O)(=O)C=[N+]=[N-]. The van der Waals surface area contributed by atoms with Crippen LogP contribution in [0.4, 0.5) is 13.2 Å². The molecule has 0 radical (unpaired) electrons. The number of rotatable bonds is 3. The number of sulfone groups is 2. The summed E-state index contributed by atoms with van der Waals surface area (Å²) < 4.78 is 83.2. The van der Waals surface area contributed by atoms with Crippen molar-refractivity contribution in [2.24, 2.45) is 0 Å². The van der Waals surface area contributed by atoms with Crippen LogP contribution in [0.5, 0.6) is 0 Å². The molecule has 0 fully saturated rings. The van der Waals surface area contributed by atoms with Gasteiger partial charge in [0.1, 0.15) is 4.75 Å². The van der Waals surface area contributed by atoms with Crippen molar-refractivity contribution < 1.29 is 34.8 Å². The fourth-order valence-corrected chi connectivity index (χ4v) is 5.10. The van der Waals surface area contributed by atoms with Crippen molar-refractivity contribution in [3.05, 3.63) is 27.7 Å². The van der Waals surface area contributed by atoms with Gasteiger partial charge in [0.15, 0.2) is 0 Å². The molecule has 0 N–H and O–H groups in total. The predicted octanol–water partition coefficient (Wildman–Crippen LogP) is 1.98. The van der Waals surface area contributed by atoms with E-state index in [4.69, 9.17) is 5.53 Å². The minimum atomic E-state index is -5.53. The first-order valence-electron chi connectivity index (χ1n) is 5.82. The first-order chi connectivity index (χ1) is 9.69. The van der Waals surface area contributed by atoms with Crippen molar-refractivity contribution in [3.63, 3.8) is 0 Å². The predicted molar refractivity (Wildman–Crippen MR) is 73.1 cm³/mol. The lowest BCUT2D eigenvalue weighted by Crippen LogP contribution is -2.44. The maximum Gasteiger partial charge on any atom is 0.498 e. The molecule has 1 rings (SSSR count). The Balaban J connectivity index is 3.56. The first-order valence-corrected chi connectivity index (χ1v) is 8.85. The van der Waals surface area contributed by atoms with Gasteiger partial charge in [0, 0.05) is 0 Å². The lowest BCUT2D eigenvalue weighted by molar-refractivity contribution is -0.0452. The van der Waals surface area contributed by atoms with Gasteiger partial charge in [-0.15, -0.1) is 0 Å². The maximum absolute atomic E-state index is 12.8. The summed E-state index contributed by atoms with van der Waals surface area (Å²) in [6.07, 6.45) is 0.126. The Morgan fingerprint density at radius 2 is 1.77 bits per heavy atom. The second-order valence-electron chi connectivity index (χ2n) is 5.14. The fraction of sp³-hybridized carbons (Fsp3) is 0.545. The smallest absolute Gasteiger partial charge is 0.361 e. The average molecular weight is 358 g/mol. The number of hydrogen-bond donors (Lipinski definition) is 0. The minimum Gasteiger partial charge on any atom is -0.361 e. The molecule has 0 amide bonds. The monoisotopic (exact) mass is 358 g/mol. The number of alkyl halides is 3. The molecule has 0 saturated heterocycles. The third kappa shape index (κ3) is 2.88. The largest absolute Gasteiger partial charge is 0.498 e. The van der Waals surface area contributed by atoms with E-state index < -0.39 is 36.4 Å². The van der Waals surface area contributed by atoms with E-state index in [-0.39, 0.29) is 21.6 Å². The quantitative estimate of drug-likeness (QED) is 0.333. The van der Waals surface area contributed by atoms with Crippen LogP contribution in [-0.4, -0.2) is 37.4 Å². The van der Waals surface area contributed by atoms with Gasteiger partial charge in [-0.3, -0.25) is 0 Å². The van der Waals surface area contributed by atoms with Crippen molar-refractivity contribution in [2.75, 3.05) is 0 Å². The van der Waals surface area contributed by atoms with Crippen LogP contribution < -0.4 is 0 Å². The van der Waals surface area contributed by atoms with Crippen molar-refractivity contribution in [2.45, 2.75) is 37.4 Å². The van der Waals surface area contributed by atoms with Crippen molar-refractivity contribution in [1.29, 1.82) is 0 Å². The van der Waals surface area contributed by atoms with Gasteiger partial charge in [-0.1, -0.05) is 11.6 Å². The molecule has 11 heteroatoms. The molecule has 124 valence electrons. The molecular weight excluding hydrogens is 345 g/mol. The van der Waals surface area contributed by atoms with Crippen molar-refractivity contribution in [1.82, 2.24) is 0 Å². The zero-order chi connectivity index (χ0) is 17.6. The van der Waals surface area contributed by atoms with Crippen LogP contribution in [0.1, 0.15) is 27.2 Å². The maximum atomic E-state index is 12.8. The van der Waals surface area contributed by atoms with Gasteiger partial charge < -0.3 is 5.53 Å². The van der Waals surface area contributed by atoms with Crippen LogP contribution in [0.2, 0.25) is 0 Å². The second-order valence-corrected chi connectivity index (χ2v) is 9.25.